The van der Waals surface area contributed by atoms with Gasteiger partial charge < -0.3 is 20.4 Å². The Hall–Kier alpha value is -1.95. The summed E-state index contributed by atoms with van der Waals surface area (Å²) >= 11 is 12.6. The summed E-state index contributed by atoms with van der Waals surface area (Å²) in [5.41, 5.74) is 4.14. The summed E-state index contributed by atoms with van der Waals surface area (Å²) in [5, 5.41) is 7.66. The van der Waals surface area contributed by atoms with Crippen LogP contribution in [0, 0.1) is 0 Å². The average molecular weight is 447 g/mol. The summed E-state index contributed by atoms with van der Waals surface area (Å²) in [7, 11) is 0. The molecule has 0 atom stereocenters. The van der Waals surface area contributed by atoms with Gasteiger partial charge >= 0.3 is 0 Å². The number of amides is 1. The maximum atomic E-state index is 11.5. The lowest BCUT2D eigenvalue weighted by Crippen LogP contribution is -2.31. The third-order valence-electron chi connectivity index (χ3n) is 5.83. The number of fused-ring (bicyclic) bond motifs is 1. The quantitative estimate of drug-likeness (QED) is 0.594. The maximum absolute atomic E-state index is 11.5. The smallest absolute Gasteiger partial charge is 0.228 e. The van der Waals surface area contributed by atoms with E-state index in [0.717, 1.165) is 81.2 Å². The first-order chi connectivity index (χ1) is 14.6. The molecule has 4 rings (SSSR count). The van der Waals surface area contributed by atoms with Gasteiger partial charge in [0, 0.05) is 37.6 Å². The zero-order valence-corrected chi connectivity index (χ0v) is 18.6. The van der Waals surface area contributed by atoms with E-state index in [1.807, 2.05) is 24.3 Å². The molecule has 0 aromatic heterocycles. The van der Waals surface area contributed by atoms with Gasteiger partial charge in [-0.25, -0.2) is 0 Å². The second kappa shape index (κ2) is 9.90. The number of benzene rings is 2. The van der Waals surface area contributed by atoms with Gasteiger partial charge in [-0.1, -0.05) is 35.3 Å². The minimum absolute atomic E-state index is 0.0794. The molecule has 0 spiro atoms. The number of hydrogen-bond donors (Lipinski definition) is 2. The van der Waals surface area contributed by atoms with Crippen LogP contribution in [0.25, 0.3) is 0 Å². The topological polar surface area (TPSA) is 47.6 Å². The van der Waals surface area contributed by atoms with E-state index < -0.39 is 0 Å². The number of nitrogens with one attached hydrogen (secondary N) is 2. The molecule has 160 valence electrons. The van der Waals surface area contributed by atoms with Crippen molar-refractivity contribution in [1.29, 1.82) is 0 Å². The summed E-state index contributed by atoms with van der Waals surface area (Å²) in [6.45, 7) is 6.18. The van der Waals surface area contributed by atoms with Crippen LogP contribution in [-0.2, 0) is 11.2 Å². The summed E-state index contributed by atoms with van der Waals surface area (Å²) < 4.78 is 0. The van der Waals surface area contributed by atoms with Gasteiger partial charge in [-0.05, 0) is 62.2 Å². The molecule has 2 aliphatic heterocycles. The summed E-state index contributed by atoms with van der Waals surface area (Å²) in [5.74, 6) is 0.0794. The van der Waals surface area contributed by atoms with Gasteiger partial charge in [-0.15, -0.1) is 0 Å². The minimum atomic E-state index is 0.0794. The number of anilines is 3. The van der Waals surface area contributed by atoms with Crippen LogP contribution in [0.5, 0.6) is 0 Å². The van der Waals surface area contributed by atoms with E-state index in [2.05, 4.69) is 32.6 Å². The van der Waals surface area contributed by atoms with Crippen LogP contribution >= 0.6 is 23.2 Å². The Morgan fingerprint density at radius 2 is 1.93 bits per heavy atom. The van der Waals surface area contributed by atoms with Crippen molar-refractivity contribution in [1.82, 2.24) is 4.90 Å². The zero-order valence-electron chi connectivity index (χ0n) is 17.1. The van der Waals surface area contributed by atoms with E-state index in [0.29, 0.717) is 16.5 Å². The van der Waals surface area contributed by atoms with E-state index in [1.54, 1.807) is 0 Å². The van der Waals surface area contributed by atoms with Crippen LogP contribution < -0.4 is 15.5 Å². The van der Waals surface area contributed by atoms with Crippen molar-refractivity contribution in [2.75, 3.05) is 54.8 Å². The molecule has 1 saturated heterocycles. The number of nitrogens with zero attached hydrogens (tertiary/aromatic N) is 2. The SMILES string of the molecule is O=C1Cc2ccc(NCCCCN3CCCN(c4cccc(Cl)c4Cl)CC3)cc2N1. The third-order valence-corrected chi connectivity index (χ3v) is 6.63. The molecular weight excluding hydrogens is 419 g/mol. The van der Waals surface area contributed by atoms with Crippen molar-refractivity contribution in [2.45, 2.75) is 25.7 Å². The maximum Gasteiger partial charge on any atom is 0.228 e. The molecule has 2 heterocycles. The van der Waals surface area contributed by atoms with Gasteiger partial charge in [-0.2, -0.15) is 0 Å². The van der Waals surface area contributed by atoms with E-state index in [1.165, 1.54) is 0 Å². The molecular formula is C23H28Cl2N4O. The van der Waals surface area contributed by atoms with Gasteiger partial charge in [0.2, 0.25) is 5.91 Å². The fraction of sp³-hybridized carbons (Fsp3) is 0.435. The Morgan fingerprint density at radius 3 is 2.83 bits per heavy atom. The van der Waals surface area contributed by atoms with Crippen LogP contribution in [0.15, 0.2) is 36.4 Å². The van der Waals surface area contributed by atoms with Crippen LogP contribution in [0.3, 0.4) is 0 Å². The minimum Gasteiger partial charge on any atom is -0.385 e. The van der Waals surface area contributed by atoms with Gasteiger partial charge in [0.1, 0.15) is 0 Å². The van der Waals surface area contributed by atoms with E-state index in [9.17, 15) is 4.79 Å². The first-order valence-corrected chi connectivity index (χ1v) is 11.4. The van der Waals surface area contributed by atoms with Crippen LogP contribution in [0.2, 0.25) is 10.0 Å². The van der Waals surface area contributed by atoms with E-state index in [-0.39, 0.29) is 5.91 Å². The number of unbranched alkanes of at least 4 members (excludes halogenated alkanes) is 1. The number of hydrogen-bond acceptors (Lipinski definition) is 4. The molecule has 5 nitrogen and oxygen atoms in total. The second-order valence-corrected chi connectivity index (χ2v) is 8.77. The summed E-state index contributed by atoms with van der Waals surface area (Å²) in [6.07, 6.45) is 3.89. The second-order valence-electron chi connectivity index (χ2n) is 7.99. The average Bonchev–Trinajstić information content (AvgIpc) is 2.94. The molecule has 7 heteroatoms. The fourth-order valence-corrected chi connectivity index (χ4v) is 4.60. The molecule has 2 aromatic carbocycles. The summed E-state index contributed by atoms with van der Waals surface area (Å²) in [4.78, 5) is 16.4. The molecule has 2 aromatic rings. The Labute approximate surface area is 188 Å². The van der Waals surface area contributed by atoms with Crippen molar-refractivity contribution in [3.8, 4) is 0 Å². The summed E-state index contributed by atoms with van der Waals surface area (Å²) in [6, 6.07) is 12.0. The standard InChI is InChI=1S/C23H28Cl2N4O/c24-19-5-3-6-21(23(19)25)29-12-4-11-28(13-14-29)10-2-1-9-26-18-8-7-17-15-22(30)27-20(17)16-18/h3,5-8,16,26H,1-2,4,9-15H2,(H,27,30). The van der Waals surface area contributed by atoms with Crippen molar-refractivity contribution in [3.63, 3.8) is 0 Å². The van der Waals surface area contributed by atoms with Gasteiger partial charge in [0.15, 0.2) is 0 Å². The number of carbonyl (C=O) groups excluding carboxylic acids is 1. The first kappa shape index (κ1) is 21.3. The van der Waals surface area contributed by atoms with E-state index >= 15 is 0 Å². The molecule has 1 fully saturated rings. The highest BCUT2D eigenvalue weighted by atomic mass is 35.5. The molecule has 2 N–H and O–H groups in total. The monoisotopic (exact) mass is 446 g/mol. The fourth-order valence-electron chi connectivity index (χ4n) is 4.19. The van der Waals surface area contributed by atoms with Crippen LogP contribution in [-0.4, -0.2) is 50.1 Å². The Morgan fingerprint density at radius 1 is 1.03 bits per heavy atom. The molecule has 2 aliphatic rings. The normalized spacial score (nSPS) is 16.9. The molecule has 30 heavy (non-hydrogen) atoms. The van der Waals surface area contributed by atoms with Gasteiger partial charge in [0.05, 0.1) is 22.2 Å². The highest BCUT2D eigenvalue weighted by Gasteiger charge is 2.18. The number of carbonyl (C=O) groups is 1. The van der Waals surface area contributed by atoms with Crippen molar-refractivity contribution in [3.05, 3.63) is 52.0 Å². The zero-order chi connectivity index (χ0) is 20.9. The predicted octanol–water partition coefficient (Wildman–Crippen LogP) is 4.89. The van der Waals surface area contributed by atoms with E-state index in [4.69, 9.17) is 23.2 Å². The molecule has 0 radical (unpaired) electrons. The lowest BCUT2D eigenvalue weighted by Gasteiger charge is -2.25. The lowest BCUT2D eigenvalue weighted by atomic mass is 10.1. The molecule has 0 bridgehead atoms. The van der Waals surface area contributed by atoms with Gasteiger partial charge in [-0.3, -0.25) is 4.79 Å². The number of halogens is 2. The van der Waals surface area contributed by atoms with Crippen molar-refractivity contribution in [2.24, 2.45) is 0 Å². The first-order valence-electron chi connectivity index (χ1n) is 10.7. The number of rotatable bonds is 7. The lowest BCUT2D eigenvalue weighted by molar-refractivity contribution is -0.115. The highest BCUT2D eigenvalue weighted by Crippen LogP contribution is 2.33. The highest BCUT2D eigenvalue weighted by molar-refractivity contribution is 6.43. The molecule has 0 saturated carbocycles. The van der Waals surface area contributed by atoms with Gasteiger partial charge in [0.25, 0.3) is 0 Å². The molecule has 1 amide bonds. The largest absolute Gasteiger partial charge is 0.385 e. The Bertz CT molecular complexity index is 905. The Balaban J connectivity index is 1.18. The molecule has 0 aliphatic carbocycles. The van der Waals surface area contributed by atoms with Crippen LogP contribution in [0.4, 0.5) is 17.1 Å². The van der Waals surface area contributed by atoms with Crippen molar-refractivity contribution >= 4 is 46.2 Å². The van der Waals surface area contributed by atoms with Crippen LogP contribution in [0.1, 0.15) is 24.8 Å². The third kappa shape index (κ3) is 5.20. The molecule has 0 unspecified atom stereocenters. The van der Waals surface area contributed by atoms with Crippen molar-refractivity contribution < 1.29 is 4.79 Å². The predicted molar refractivity (Wildman–Crippen MR) is 126 cm³/mol. The Kier molecular flexibility index (Phi) is 7.03.